The van der Waals surface area contributed by atoms with Gasteiger partial charge in [0.15, 0.2) is 0 Å². The van der Waals surface area contributed by atoms with Crippen LogP contribution in [-0.2, 0) is 11.3 Å². The molecule has 0 radical (unpaired) electrons. The number of aromatic nitrogens is 1. The van der Waals surface area contributed by atoms with Crippen LogP contribution in [0.4, 0.5) is 0 Å². The standard InChI is InChI=1S/C7H6BrClN2O/c8-5-1-2-7(9)11-6(5)3-10-4-12/h1-2,4H,3H2,(H,10,12). The van der Waals surface area contributed by atoms with Gasteiger partial charge in [-0.3, -0.25) is 4.79 Å². The van der Waals surface area contributed by atoms with Crippen molar-refractivity contribution in [3.05, 3.63) is 27.5 Å². The number of hydrogen-bond donors (Lipinski definition) is 1. The first kappa shape index (κ1) is 9.48. The molecule has 1 rings (SSSR count). The summed E-state index contributed by atoms with van der Waals surface area (Å²) < 4.78 is 0.834. The Bertz CT molecular complexity index is 293. The van der Waals surface area contributed by atoms with E-state index in [1.165, 1.54) is 0 Å². The van der Waals surface area contributed by atoms with Gasteiger partial charge in [0.1, 0.15) is 5.15 Å². The third-order valence-electron chi connectivity index (χ3n) is 1.24. The van der Waals surface area contributed by atoms with Crippen molar-refractivity contribution in [2.45, 2.75) is 6.54 Å². The topological polar surface area (TPSA) is 42.0 Å². The van der Waals surface area contributed by atoms with E-state index < -0.39 is 0 Å². The Hall–Kier alpha value is -0.610. The van der Waals surface area contributed by atoms with E-state index >= 15 is 0 Å². The van der Waals surface area contributed by atoms with Crippen molar-refractivity contribution in [2.24, 2.45) is 0 Å². The Morgan fingerprint density at radius 1 is 1.67 bits per heavy atom. The number of nitrogens with zero attached hydrogens (tertiary/aromatic N) is 1. The zero-order chi connectivity index (χ0) is 8.97. The Labute approximate surface area is 83.3 Å². The first-order valence-corrected chi connectivity index (χ1v) is 4.39. The van der Waals surface area contributed by atoms with E-state index in [4.69, 9.17) is 11.6 Å². The molecule has 0 fully saturated rings. The quantitative estimate of drug-likeness (QED) is 0.655. The summed E-state index contributed by atoms with van der Waals surface area (Å²) in [4.78, 5) is 14.0. The average molecular weight is 249 g/mol. The third-order valence-corrected chi connectivity index (χ3v) is 2.17. The summed E-state index contributed by atoms with van der Waals surface area (Å²) in [6.45, 7) is 0.380. The molecule has 1 heterocycles. The molecular weight excluding hydrogens is 243 g/mol. The molecule has 1 amide bonds. The maximum atomic E-state index is 9.99. The summed E-state index contributed by atoms with van der Waals surface area (Å²) in [7, 11) is 0. The molecule has 1 aromatic heterocycles. The van der Waals surface area contributed by atoms with Crippen LogP contribution >= 0.6 is 27.5 Å². The number of pyridine rings is 1. The van der Waals surface area contributed by atoms with Crippen LogP contribution in [-0.4, -0.2) is 11.4 Å². The molecule has 0 unspecified atom stereocenters. The second-order valence-electron chi connectivity index (χ2n) is 2.06. The van der Waals surface area contributed by atoms with Crippen LogP contribution in [0.5, 0.6) is 0 Å². The molecule has 0 bridgehead atoms. The molecule has 12 heavy (non-hydrogen) atoms. The smallest absolute Gasteiger partial charge is 0.207 e. The predicted octanol–water partition coefficient (Wildman–Crippen LogP) is 1.74. The third kappa shape index (κ3) is 2.46. The molecule has 1 aromatic rings. The van der Waals surface area contributed by atoms with Crippen molar-refractivity contribution in [3.8, 4) is 0 Å². The van der Waals surface area contributed by atoms with Gasteiger partial charge in [-0.2, -0.15) is 0 Å². The van der Waals surface area contributed by atoms with Crippen LogP contribution in [0.25, 0.3) is 0 Å². The van der Waals surface area contributed by atoms with Crippen LogP contribution in [0, 0.1) is 0 Å². The Kier molecular flexibility index (Phi) is 3.49. The Balaban J connectivity index is 2.82. The van der Waals surface area contributed by atoms with Gasteiger partial charge in [-0.1, -0.05) is 11.6 Å². The predicted molar refractivity (Wildman–Crippen MR) is 49.9 cm³/mol. The summed E-state index contributed by atoms with van der Waals surface area (Å²) in [5, 5.41) is 2.92. The molecule has 0 aromatic carbocycles. The Morgan fingerprint density at radius 3 is 3.08 bits per heavy atom. The zero-order valence-corrected chi connectivity index (χ0v) is 8.39. The molecular formula is C7H6BrClN2O. The van der Waals surface area contributed by atoms with Crippen LogP contribution in [0.3, 0.4) is 0 Å². The second-order valence-corrected chi connectivity index (χ2v) is 3.30. The average Bonchev–Trinajstić information content (AvgIpc) is 2.07. The highest BCUT2D eigenvalue weighted by Crippen LogP contribution is 2.16. The highest BCUT2D eigenvalue weighted by atomic mass is 79.9. The Morgan fingerprint density at radius 2 is 2.42 bits per heavy atom. The maximum absolute atomic E-state index is 9.99. The number of carbonyl (C=O) groups is 1. The molecule has 0 saturated heterocycles. The molecule has 0 aliphatic heterocycles. The summed E-state index contributed by atoms with van der Waals surface area (Å²) in [5.41, 5.74) is 0.717. The maximum Gasteiger partial charge on any atom is 0.207 e. The van der Waals surface area contributed by atoms with Gasteiger partial charge < -0.3 is 5.32 Å². The van der Waals surface area contributed by atoms with E-state index in [0.29, 0.717) is 18.1 Å². The fraction of sp³-hybridized carbons (Fsp3) is 0.143. The molecule has 0 atom stereocenters. The second kappa shape index (κ2) is 4.42. The minimum absolute atomic E-state index is 0.380. The number of nitrogens with one attached hydrogen (secondary N) is 1. The lowest BCUT2D eigenvalue weighted by molar-refractivity contribution is -0.109. The molecule has 64 valence electrons. The van der Waals surface area contributed by atoms with Crippen LogP contribution in [0.2, 0.25) is 5.15 Å². The van der Waals surface area contributed by atoms with Gasteiger partial charge in [-0.25, -0.2) is 4.98 Å². The molecule has 5 heteroatoms. The van der Waals surface area contributed by atoms with Gasteiger partial charge in [0.2, 0.25) is 6.41 Å². The monoisotopic (exact) mass is 248 g/mol. The fourth-order valence-electron chi connectivity index (χ4n) is 0.720. The SMILES string of the molecule is O=CNCc1nc(Cl)ccc1Br. The van der Waals surface area contributed by atoms with E-state index in [1.54, 1.807) is 12.1 Å². The number of carbonyl (C=O) groups excluding carboxylic acids is 1. The largest absolute Gasteiger partial charge is 0.353 e. The summed E-state index contributed by atoms with van der Waals surface area (Å²) >= 11 is 8.93. The lowest BCUT2D eigenvalue weighted by Crippen LogP contribution is -2.11. The van der Waals surface area contributed by atoms with Crippen molar-refractivity contribution in [3.63, 3.8) is 0 Å². The molecule has 1 N–H and O–H groups in total. The van der Waals surface area contributed by atoms with Gasteiger partial charge in [0, 0.05) is 4.47 Å². The van der Waals surface area contributed by atoms with Crippen molar-refractivity contribution >= 4 is 33.9 Å². The molecule has 0 spiro atoms. The van der Waals surface area contributed by atoms with Gasteiger partial charge in [0.05, 0.1) is 12.2 Å². The number of hydrogen-bond acceptors (Lipinski definition) is 2. The van der Waals surface area contributed by atoms with Gasteiger partial charge >= 0.3 is 0 Å². The van der Waals surface area contributed by atoms with E-state index in [2.05, 4.69) is 26.2 Å². The van der Waals surface area contributed by atoms with Crippen LogP contribution < -0.4 is 5.32 Å². The van der Waals surface area contributed by atoms with E-state index in [0.717, 1.165) is 10.2 Å². The minimum atomic E-state index is 0.380. The highest BCUT2D eigenvalue weighted by molar-refractivity contribution is 9.10. The van der Waals surface area contributed by atoms with Crippen molar-refractivity contribution in [1.82, 2.24) is 10.3 Å². The van der Waals surface area contributed by atoms with Gasteiger partial charge in [-0.05, 0) is 28.1 Å². The first-order valence-electron chi connectivity index (χ1n) is 3.22. The van der Waals surface area contributed by atoms with E-state index in [-0.39, 0.29) is 0 Å². The van der Waals surface area contributed by atoms with Gasteiger partial charge in [0.25, 0.3) is 0 Å². The van der Waals surface area contributed by atoms with E-state index in [9.17, 15) is 4.79 Å². The molecule has 0 saturated carbocycles. The zero-order valence-electron chi connectivity index (χ0n) is 6.05. The lowest BCUT2D eigenvalue weighted by Gasteiger charge is -2.01. The molecule has 3 nitrogen and oxygen atoms in total. The minimum Gasteiger partial charge on any atom is -0.353 e. The summed E-state index contributed by atoms with van der Waals surface area (Å²) in [6.07, 6.45) is 0.620. The van der Waals surface area contributed by atoms with Crippen molar-refractivity contribution in [2.75, 3.05) is 0 Å². The summed E-state index contributed by atoms with van der Waals surface area (Å²) in [5.74, 6) is 0. The lowest BCUT2D eigenvalue weighted by atomic mass is 10.3. The molecule has 0 aliphatic carbocycles. The van der Waals surface area contributed by atoms with E-state index in [1.807, 2.05) is 0 Å². The van der Waals surface area contributed by atoms with Crippen molar-refractivity contribution in [1.29, 1.82) is 0 Å². The normalized spacial score (nSPS) is 9.50. The van der Waals surface area contributed by atoms with Gasteiger partial charge in [-0.15, -0.1) is 0 Å². The number of amides is 1. The summed E-state index contributed by atoms with van der Waals surface area (Å²) in [6, 6.07) is 3.47. The number of halogens is 2. The highest BCUT2D eigenvalue weighted by Gasteiger charge is 2.00. The number of rotatable bonds is 3. The molecule has 0 aliphatic rings. The first-order chi connectivity index (χ1) is 5.74. The fourth-order valence-corrected chi connectivity index (χ4v) is 1.25. The van der Waals surface area contributed by atoms with Crippen LogP contribution in [0.1, 0.15) is 5.69 Å². The van der Waals surface area contributed by atoms with Crippen molar-refractivity contribution < 1.29 is 4.79 Å². The van der Waals surface area contributed by atoms with Crippen LogP contribution in [0.15, 0.2) is 16.6 Å².